The van der Waals surface area contributed by atoms with E-state index < -0.39 is 109 Å². The molecule has 113 heavy (non-hydrogen) atoms. The van der Waals surface area contributed by atoms with Crippen molar-refractivity contribution in [1.82, 2.24) is 30.4 Å². The van der Waals surface area contributed by atoms with Gasteiger partial charge in [-0.05, 0) is 131 Å². The van der Waals surface area contributed by atoms with Gasteiger partial charge in [0.1, 0.15) is 23.9 Å². The van der Waals surface area contributed by atoms with Crippen LogP contribution in [0.15, 0.2) is 75.7 Å². The van der Waals surface area contributed by atoms with E-state index in [-0.39, 0.29) is 110 Å². The van der Waals surface area contributed by atoms with Gasteiger partial charge in [-0.15, -0.1) is 0 Å². The van der Waals surface area contributed by atoms with Crippen molar-refractivity contribution < 1.29 is 110 Å². The number of hydrogen-bond acceptors (Lipinski definition) is 23. The number of anilines is 1. The number of amides is 4. The van der Waals surface area contributed by atoms with Crippen molar-refractivity contribution in [2.24, 2.45) is 16.8 Å². The van der Waals surface area contributed by atoms with E-state index in [4.69, 9.17) is 25.2 Å². The number of ketones is 3. The number of phosphoric acid groups is 3. The number of phosphoric ester groups is 1. The molecule has 12 N–H and O–H groups in total. The van der Waals surface area contributed by atoms with Gasteiger partial charge in [0.2, 0.25) is 17.7 Å². The molecule has 1 aromatic heterocycles. The van der Waals surface area contributed by atoms with Gasteiger partial charge in [0.05, 0.1) is 48.4 Å². The van der Waals surface area contributed by atoms with Crippen LogP contribution >= 0.6 is 45.1 Å². The van der Waals surface area contributed by atoms with Gasteiger partial charge in [-0.25, -0.2) is 18.5 Å². The van der Waals surface area contributed by atoms with Crippen LogP contribution < -0.4 is 27.4 Å². The molecule has 1 saturated heterocycles. The second-order valence-corrected chi connectivity index (χ2v) is 35.3. The number of carbonyl (C=O) groups is 9. The van der Waals surface area contributed by atoms with Gasteiger partial charge in [-0.2, -0.15) is 13.6 Å². The van der Waals surface area contributed by atoms with Crippen molar-refractivity contribution in [3.05, 3.63) is 115 Å². The summed E-state index contributed by atoms with van der Waals surface area (Å²) in [6.45, 7) is 10.5. The Morgan fingerprint density at radius 2 is 1.47 bits per heavy atom. The molecule has 3 aromatic rings. The number of Topliss-reactive ketones (excluding diaryl/α,β-unsaturated/α-hetero) is 3. The lowest BCUT2D eigenvalue weighted by Gasteiger charge is -2.38. The molecule has 622 valence electrons. The maximum Gasteiger partial charge on any atom is 0.490 e. The zero-order chi connectivity index (χ0) is 83.2. The van der Waals surface area contributed by atoms with Crippen molar-refractivity contribution in [1.29, 1.82) is 0 Å². The fourth-order valence-corrected chi connectivity index (χ4v) is 18.6. The molecular formula is C76H107N8O24P3S2. The first kappa shape index (κ1) is 94.5. The summed E-state index contributed by atoms with van der Waals surface area (Å²) < 4.78 is 53.2. The van der Waals surface area contributed by atoms with E-state index in [1.165, 1.54) is 55.6 Å². The minimum Gasteiger partial charge on any atom is -0.481 e. The zero-order valence-electron chi connectivity index (χ0n) is 64.6. The number of fused-ring (bicyclic) bond motifs is 2. The van der Waals surface area contributed by atoms with Crippen LogP contribution in [-0.2, 0) is 82.8 Å². The third-order valence-electron chi connectivity index (χ3n) is 19.3. The van der Waals surface area contributed by atoms with Crippen molar-refractivity contribution in [3.8, 4) is 11.8 Å². The summed E-state index contributed by atoms with van der Waals surface area (Å²) >= 11 is 0. The first-order chi connectivity index (χ1) is 53.5. The number of rotatable bonds is 50. The van der Waals surface area contributed by atoms with E-state index in [9.17, 15) is 86.7 Å². The van der Waals surface area contributed by atoms with E-state index in [0.29, 0.717) is 101 Å². The number of allylic oxidation sites excluding steroid dienone is 4. The number of nitrogens with zero attached hydrogens (tertiary/aromatic N) is 4. The van der Waals surface area contributed by atoms with E-state index in [1.807, 2.05) is 25.1 Å². The number of aliphatic hydroxyl groups excluding tert-OH is 1. The monoisotopic (exact) mass is 1670 g/mol. The highest BCUT2D eigenvalue weighted by atomic mass is 33.1. The minimum atomic E-state index is -5.82. The molecule has 1 fully saturated rings. The second-order valence-electron chi connectivity index (χ2n) is 28.2. The number of nitrogen functional groups attached to an aromatic ring is 1. The number of ether oxygens (including phenoxy) is 1. The number of unbranched alkanes of at least 4 members (excludes halogenated alkanes) is 5. The average molecular weight is 1670 g/mol. The number of aliphatic imine (C=N–C) groups is 1. The molecule has 8 unspecified atom stereocenters. The predicted molar refractivity (Wildman–Crippen MR) is 425 cm³/mol. The number of aliphatic carboxylic acids is 2. The summed E-state index contributed by atoms with van der Waals surface area (Å²) in [7, 11) is -12.3. The maximum atomic E-state index is 14.5. The highest BCUT2D eigenvalue weighted by Gasteiger charge is 2.44. The average Bonchev–Trinajstić information content (AvgIpc) is 1.18. The van der Waals surface area contributed by atoms with Gasteiger partial charge in [-0.3, -0.25) is 57.2 Å². The molecule has 32 nitrogen and oxygen atoms in total. The fraction of sp³-hybridized carbons (Fsp3) is 0.579. The highest BCUT2D eigenvalue weighted by molar-refractivity contribution is 8.76. The Balaban J connectivity index is 0.939. The minimum absolute atomic E-state index is 0.0375. The second kappa shape index (κ2) is 46.4. The zero-order valence-corrected chi connectivity index (χ0v) is 68.9. The van der Waals surface area contributed by atoms with Crippen molar-refractivity contribution >= 4 is 110 Å². The Kier molecular flexibility index (Phi) is 38.9. The Labute approximate surface area is 665 Å². The largest absolute Gasteiger partial charge is 0.490 e. The lowest BCUT2D eigenvalue weighted by molar-refractivity contribution is -0.144. The quantitative estimate of drug-likeness (QED) is 0.0108. The van der Waals surface area contributed by atoms with Crippen LogP contribution in [0.2, 0.25) is 0 Å². The summed E-state index contributed by atoms with van der Waals surface area (Å²) in [5.41, 5.74) is 15.2. The summed E-state index contributed by atoms with van der Waals surface area (Å²) in [6.07, 6.45) is 8.84. The smallest absolute Gasteiger partial charge is 0.481 e. The molecule has 10 atom stereocenters. The number of nitrogens with one attached hydrogen (secondary N) is 3. The van der Waals surface area contributed by atoms with E-state index in [2.05, 4.69) is 97.0 Å². The maximum absolute atomic E-state index is 14.5. The number of nitrogens with two attached hydrogens (primary N) is 1. The summed E-state index contributed by atoms with van der Waals surface area (Å²) in [4.78, 5) is 176. The van der Waals surface area contributed by atoms with Gasteiger partial charge in [0, 0.05) is 120 Å². The number of aryl methyl sites for hydroxylation is 2. The molecule has 0 saturated carbocycles. The Bertz CT molecular complexity index is 4250. The van der Waals surface area contributed by atoms with E-state index >= 15 is 0 Å². The number of carboxylic acids is 2. The van der Waals surface area contributed by atoms with Gasteiger partial charge in [0.15, 0.2) is 11.6 Å². The predicted octanol–water partition coefficient (Wildman–Crippen LogP) is 9.64. The molecule has 2 heterocycles. The third kappa shape index (κ3) is 31.7. The van der Waals surface area contributed by atoms with E-state index in [1.54, 1.807) is 18.9 Å². The van der Waals surface area contributed by atoms with Crippen LogP contribution in [0.5, 0.6) is 0 Å². The van der Waals surface area contributed by atoms with Crippen LogP contribution in [0.1, 0.15) is 225 Å². The number of hydrogen-bond donors (Lipinski definition) is 11. The van der Waals surface area contributed by atoms with Crippen molar-refractivity contribution in [2.75, 3.05) is 50.5 Å². The summed E-state index contributed by atoms with van der Waals surface area (Å²) in [5.74, 6) is 0.634. The normalized spacial score (nSPS) is 18.8. The molecule has 1 aliphatic heterocycles. The van der Waals surface area contributed by atoms with Crippen LogP contribution in [0.3, 0.4) is 0 Å². The lowest BCUT2D eigenvalue weighted by atomic mass is 9.65. The molecule has 6 rings (SSSR count). The summed E-state index contributed by atoms with van der Waals surface area (Å²) in [5, 5.41) is 37.7. The topological polar surface area (TPSA) is 496 Å². The van der Waals surface area contributed by atoms with Crippen LogP contribution in [-0.4, -0.2) is 177 Å². The first-order valence-corrected chi connectivity index (χ1v) is 45.0. The number of aliphatic hydroxyl groups is 1. The lowest BCUT2D eigenvalue weighted by Crippen LogP contribution is -2.43. The van der Waals surface area contributed by atoms with Gasteiger partial charge in [0.25, 0.3) is 5.91 Å². The number of aromatic nitrogens is 2. The number of carbonyl (C=O) groups excluding carboxylic acids is 7. The van der Waals surface area contributed by atoms with Crippen LogP contribution in [0, 0.1) is 30.6 Å². The molecule has 0 bridgehead atoms. The molecule has 37 heteroatoms. The molecule has 3 aliphatic rings. The van der Waals surface area contributed by atoms with Crippen molar-refractivity contribution in [2.45, 2.75) is 225 Å². The molecule has 4 amide bonds. The molecule has 2 aromatic carbocycles. The van der Waals surface area contributed by atoms with Crippen LogP contribution in [0.25, 0.3) is 0 Å². The molecule has 0 spiro atoms. The number of benzene rings is 2. The highest BCUT2D eigenvalue weighted by Crippen LogP contribution is 2.66. The fourth-order valence-electron chi connectivity index (χ4n) is 13.5. The van der Waals surface area contributed by atoms with Gasteiger partial charge < -0.3 is 66.2 Å². The Hall–Kier alpha value is -7.31. The van der Waals surface area contributed by atoms with E-state index in [0.717, 1.165) is 40.7 Å². The molecular weight excluding hydrogens is 1570 g/mol. The standard InChI is InChI=1S/C76H107N8O24P3S2/c1-7-23-51-40-53-41-54-42-61(78-9-3)49(5)39-59(54)72(58(53)38-48(51)4)56-26-18-19-27-57(56)74(94)83(6)35-21-32-67(89)79-34-20-12-15-31-68(90)80-60(63(86)29-13-10-11-14-30-69(91)81-62(44-71(92)93)64(87)43-50(8-2)75(95)96)28-22-36-112-113-37-33-55(85)25-17-16-24-52-46-84(76(97)82-73(52)77)70-45-65(88)66(106-70)47-105-110(101,102)108-111(103,104)107-109(98,99)100/h18-19,26-27,38-40,42,46,50,59-60,62,65-66,70,72,88H,7-15,17,20-23,25,28-37,41,43-45,47H2,1-6H3,(H,79,89)(H,80,90)(H,81,91)(H,92,93)(H,95,96)(H,101,102)(H,103,104)(H2,77,82,97)(H2,98,99,100)/t50?,59?,60?,62?,65?,66-,70-,72?/m1/s1. The summed E-state index contributed by atoms with van der Waals surface area (Å²) in [6, 6.07) is 10.4. The first-order valence-electron chi connectivity index (χ1n) is 38.0. The van der Waals surface area contributed by atoms with Crippen LogP contribution in [0.4, 0.5) is 5.82 Å². The molecule has 2 aliphatic carbocycles. The number of carboxylic acid groups (broad SMARTS) is 2. The Morgan fingerprint density at radius 1 is 0.796 bits per heavy atom. The third-order valence-corrected chi connectivity index (χ3v) is 25.6. The van der Waals surface area contributed by atoms with Gasteiger partial charge >= 0.3 is 41.1 Å². The Morgan fingerprint density at radius 3 is 2.14 bits per heavy atom. The SMILES string of the molecule is CCCc1cc2c(cc1C)C(c1ccccc1C(=O)N(C)CCCC(=O)NCCCCCC(=O)NC(CCCSSCCC(=O)CCC#Cc1cn([C@H]3CC(O)[C@@H](COP(=O)(O)OP(=O)(O)OP(=O)(O)O)O3)c(=O)nc1N)C(=O)CCCCCCC(=O)NC(CC(=O)O)C(=O)CC(CC)C(=O)O)C1C=C(C)C(=NCC)C=C1C2. The van der Waals surface area contributed by atoms with Crippen molar-refractivity contribution in [3.63, 3.8) is 0 Å². The molecule has 0 radical (unpaired) electrons. The van der Waals surface area contributed by atoms with Gasteiger partial charge in [-0.1, -0.05) is 115 Å².